The number of rotatable bonds is 1. The van der Waals surface area contributed by atoms with Crippen molar-refractivity contribution in [2.24, 2.45) is 0 Å². The lowest BCUT2D eigenvalue weighted by Gasteiger charge is -2.43. The largest absolute Gasteiger partial charge is 0.444 e. The van der Waals surface area contributed by atoms with E-state index in [9.17, 15) is 4.79 Å². The summed E-state index contributed by atoms with van der Waals surface area (Å²) < 4.78 is 5.56. The van der Waals surface area contributed by atoms with Crippen molar-refractivity contribution < 1.29 is 9.53 Å². The summed E-state index contributed by atoms with van der Waals surface area (Å²) in [6.07, 6.45) is 1.70. The molecule has 1 amide bonds. The molecule has 5 heteroatoms. The van der Waals surface area contributed by atoms with Crippen LogP contribution >= 0.6 is 0 Å². The molecule has 0 aromatic carbocycles. The number of nitrogens with zero attached hydrogens (tertiary/aromatic N) is 3. The fourth-order valence-corrected chi connectivity index (χ4v) is 3.89. The van der Waals surface area contributed by atoms with Crippen LogP contribution in [0.3, 0.4) is 0 Å². The van der Waals surface area contributed by atoms with Gasteiger partial charge in [0.2, 0.25) is 0 Å². The zero-order valence-corrected chi connectivity index (χ0v) is 15.7. The summed E-state index contributed by atoms with van der Waals surface area (Å²) in [5, 5.41) is 0. The van der Waals surface area contributed by atoms with Gasteiger partial charge in [0, 0.05) is 24.8 Å². The lowest BCUT2D eigenvalue weighted by molar-refractivity contribution is 0.0191. The summed E-state index contributed by atoms with van der Waals surface area (Å²) in [5.41, 5.74) is 3.31. The predicted molar refractivity (Wildman–Crippen MR) is 95.6 cm³/mol. The van der Waals surface area contributed by atoms with Gasteiger partial charge in [0.05, 0.1) is 6.04 Å². The normalized spacial score (nSPS) is 23.1. The molecule has 24 heavy (non-hydrogen) atoms. The number of piperazine rings is 1. The monoisotopic (exact) mass is 331 g/mol. The molecule has 5 nitrogen and oxygen atoms in total. The number of anilines is 1. The van der Waals surface area contributed by atoms with E-state index in [2.05, 4.69) is 31.7 Å². The standard InChI is InChI=1S/C19H29N3O2/c1-7-16-12(2)8-14-9-15-11-21(18(23)24-19(4,5)6)10-13(3)22(15)17(14)20-16/h8,13,15H,7,9-11H2,1-6H3/t13-,15-/m1/s1. The van der Waals surface area contributed by atoms with Crippen LogP contribution in [0.25, 0.3) is 0 Å². The first-order chi connectivity index (χ1) is 11.2. The average molecular weight is 331 g/mol. The van der Waals surface area contributed by atoms with E-state index in [-0.39, 0.29) is 12.1 Å². The molecule has 3 heterocycles. The topological polar surface area (TPSA) is 45.7 Å². The molecule has 0 aliphatic carbocycles. The van der Waals surface area contributed by atoms with Crippen molar-refractivity contribution in [3.8, 4) is 0 Å². The van der Waals surface area contributed by atoms with E-state index in [0.29, 0.717) is 19.1 Å². The number of hydrogen-bond donors (Lipinski definition) is 0. The quantitative estimate of drug-likeness (QED) is 0.792. The van der Waals surface area contributed by atoms with Crippen LogP contribution in [0.15, 0.2) is 6.07 Å². The number of amides is 1. The Morgan fingerprint density at radius 2 is 2.08 bits per heavy atom. The van der Waals surface area contributed by atoms with Gasteiger partial charge in [-0.1, -0.05) is 13.0 Å². The zero-order valence-electron chi connectivity index (χ0n) is 15.7. The number of pyridine rings is 1. The minimum atomic E-state index is -0.454. The predicted octanol–water partition coefficient (Wildman–Crippen LogP) is 3.32. The highest BCUT2D eigenvalue weighted by atomic mass is 16.6. The molecule has 0 spiro atoms. The number of hydrogen-bond acceptors (Lipinski definition) is 4. The summed E-state index contributed by atoms with van der Waals surface area (Å²) in [7, 11) is 0. The van der Waals surface area contributed by atoms with Gasteiger partial charge in [0.25, 0.3) is 0 Å². The average Bonchev–Trinajstić information content (AvgIpc) is 2.81. The van der Waals surface area contributed by atoms with Crippen LogP contribution in [0.4, 0.5) is 10.6 Å². The SMILES string of the molecule is CCc1nc2c(cc1C)C[C@@H]1CN(C(=O)OC(C)(C)C)C[C@@H](C)N21. The Balaban J connectivity index is 1.81. The lowest BCUT2D eigenvalue weighted by atomic mass is 10.1. The molecule has 0 saturated carbocycles. The van der Waals surface area contributed by atoms with Gasteiger partial charge >= 0.3 is 6.09 Å². The van der Waals surface area contributed by atoms with Gasteiger partial charge < -0.3 is 14.5 Å². The second-order valence-electron chi connectivity index (χ2n) is 8.09. The highest BCUT2D eigenvalue weighted by Crippen LogP contribution is 2.36. The third-order valence-electron chi connectivity index (χ3n) is 4.84. The molecule has 1 fully saturated rings. The Morgan fingerprint density at radius 3 is 2.71 bits per heavy atom. The third kappa shape index (κ3) is 3.08. The van der Waals surface area contributed by atoms with Gasteiger partial charge in [-0.2, -0.15) is 0 Å². The fraction of sp³-hybridized carbons (Fsp3) is 0.684. The number of aryl methyl sites for hydroxylation is 2. The Morgan fingerprint density at radius 1 is 1.38 bits per heavy atom. The smallest absolute Gasteiger partial charge is 0.410 e. The summed E-state index contributed by atoms with van der Waals surface area (Å²) in [6.45, 7) is 13.6. The number of carbonyl (C=O) groups excluding carboxylic acids is 1. The molecular weight excluding hydrogens is 302 g/mol. The Labute approximate surface area is 145 Å². The number of carbonyl (C=O) groups is 1. The maximum absolute atomic E-state index is 12.4. The summed E-state index contributed by atoms with van der Waals surface area (Å²) in [6, 6.07) is 2.83. The Kier molecular flexibility index (Phi) is 4.22. The minimum absolute atomic E-state index is 0.205. The molecule has 3 rings (SSSR count). The van der Waals surface area contributed by atoms with Crippen molar-refractivity contribution in [3.63, 3.8) is 0 Å². The van der Waals surface area contributed by atoms with Crippen molar-refractivity contribution in [1.82, 2.24) is 9.88 Å². The molecule has 2 aliphatic heterocycles. The molecule has 2 atom stereocenters. The molecule has 2 aliphatic rings. The molecule has 0 radical (unpaired) electrons. The van der Waals surface area contributed by atoms with Crippen molar-refractivity contribution in [2.45, 2.75) is 72.1 Å². The number of aromatic nitrogens is 1. The van der Waals surface area contributed by atoms with Crippen LogP contribution < -0.4 is 4.90 Å². The zero-order chi connectivity index (χ0) is 17.6. The van der Waals surface area contributed by atoms with E-state index >= 15 is 0 Å². The van der Waals surface area contributed by atoms with Gasteiger partial charge in [0.1, 0.15) is 11.4 Å². The Bertz CT molecular complexity index is 651. The second kappa shape index (κ2) is 5.94. The van der Waals surface area contributed by atoms with Gasteiger partial charge in [-0.3, -0.25) is 0 Å². The van der Waals surface area contributed by atoms with Crippen LogP contribution in [0.1, 0.15) is 51.4 Å². The van der Waals surface area contributed by atoms with Gasteiger partial charge in [-0.15, -0.1) is 0 Å². The highest BCUT2D eigenvalue weighted by Gasteiger charge is 2.41. The van der Waals surface area contributed by atoms with Crippen molar-refractivity contribution in [3.05, 3.63) is 22.9 Å². The molecular formula is C19H29N3O2. The fourth-order valence-electron chi connectivity index (χ4n) is 3.89. The number of fused-ring (bicyclic) bond motifs is 3. The molecule has 132 valence electrons. The first-order valence-electron chi connectivity index (χ1n) is 8.95. The van der Waals surface area contributed by atoms with Gasteiger partial charge in [-0.05, 0) is 58.6 Å². The van der Waals surface area contributed by atoms with Crippen LogP contribution in [-0.4, -0.2) is 46.8 Å². The van der Waals surface area contributed by atoms with E-state index in [1.54, 1.807) is 0 Å². The number of ether oxygens (including phenoxy) is 1. The molecule has 0 bridgehead atoms. The van der Waals surface area contributed by atoms with Gasteiger partial charge in [-0.25, -0.2) is 9.78 Å². The first-order valence-corrected chi connectivity index (χ1v) is 8.95. The van der Waals surface area contributed by atoms with Crippen molar-refractivity contribution in [2.75, 3.05) is 18.0 Å². The summed E-state index contributed by atoms with van der Waals surface area (Å²) >= 11 is 0. The van der Waals surface area contributed by atoms with Gasteiger partial charge in [0.15, 0.2) is 0 Å². The van der Waals surface area contributed by atoms with Crippen LogP contribution in [-0.2, 0) is 17.6 Å². The molecule has 1 aromatic rings. The molecule has 0 unspecified atom stereocenters. The van der Waals surface area contributed by atoms with Crippen molar-refractivity contribution in [1.29, 1.82) is 0 Å². The molecule has 1 saturated heterocycles. The third-order valence-corrected chi connectivity index (χ3v) is 4.84. The lowest BCUT2D eigenvalue weighted by Crippen LogP contribution is -2.58. The van der Waals surface area contributed by atoms with Crippen LogP contribution in [0.2, 0.25) is 0 Å². The van der Waals surface area contributed by atoms with E-state index < -0.39 is 5.60 Å². The van der Waals surface area contributed by atoms with E-state index in [4.69, 9.17) is 9.72 Å². The van der Waals surface area contributed by atoms with E-state index in [1.807, 2.05) is 25.7 Å². The maximum atomic E-state index is 12.4. The first kappa shape index (κ1) is 17.1. The molecule has 0 N–H and O–H groups in total. The van der Waals surface area contributed by atoms with E-state index in [0.717, 1.165) is 18.7 Å². The maximum Gasteiger partial charge on any atom is 0.410 e. The Hall–Kier alpha value is -1.78. The van der Waals surface area contributed by atoms with E-state index in [1.165, 1.54) is 16.8 Å². The summed E-state index contributed by atoms with van der Waals surface area (Å²) in [5.74, 6) is 1.12. The van der Waals surface area contributed by atoms with Crippen LogP contribution in [0.5, 0.6) is 0 Å². The van der Waals surface area contributed by atoms with Crippen LogP contribution in [0, 0.1) is 6.92 Å². The molecule has 1 aromatic heterocycles. The second-order valence-corrected chi connectivity index (χ2v) is 8.09. The minimum Gasteiger partial charge on any atom is -0.444 e. The summed E-state index contributed by atoms with van der Waals surface area (Å²) in [4.78, 5) is 21.6. The highest BCUT2D eigenvalue weighted by molar-refractivity contribution is 5.69. The van der Waals surface area contributed by atoms with Crippen molar-refractivity contribution >= 4 is 11.9 Å².